The van der Waals surface area contributed by atoms with Crippen molar-refractivity contribution in [1.82, 2.24) is 0 Å². The van der Waals surface area contributed by atoms with Gasteiger partial charge in [0.1, 0.15) is 0 Å². The normalized spacial score (nSPS) is 14.4. The summed E-state index contributed by atoms with van der Waals surface area (Å²) >= 11 is 0. The summed E-state index contributed by atoms with van der Waals surface area (Å²) < 4.78 is 31.8. The number of rotatable bonds is 0. The van der Waals surface area contributed by atoms with Crippen LogP contribution in [0.1, 0.15) is 11.0 Å². The van der Waals surface area contributed by atoms with Crippen LogP contribution in [0, 0.1) is 6.92 Å². The van der Waals surface area contributed by atoms with Crippen LogP contribution in [0.15, 0.2) is 66.6 Å². The molecule has 4 aromatic carbocycles. The van der Waals surface area contributed by atoms with Crippen LogP contribution in [-0.2, 0) is 0 Å². The van der Waals surface area contributed by atoms with Gasteiger partial charge in [-0.25, -0.2) is 0 Å². The smallest absolute Gasteiger partial charge is 0.0616 e. The Kier molecular flexibility index (Phi) is 1.47. The lowest BCUT2D eigenvalue weighted by Gasteiger charge is -2.10. The Morgan fingerprint density at radius 3 is 1.53 bits per heavy atom. The van der Waals surface area contributed by atoms with Gasteiger partial charge >= 0.3 is 0 Å². The molecule has 0 aliphatic heterocycles. The minimum absolute atomic E-state index is 0.173. The molecule has 0 nitrogen and oxygen atoms in total. The van der Waals surface area contributed by atoms with E-state index in [4.69, 9.17) is 5.48 Å². The molecular weight excluding hydrogens is 228 g/mol. The summed E-state index contributed by atoms with van der Waals surface area (Å²) in [6, 6.07) is 13.7. The van der Waals surface area contributed by atoms with E-state index in [1.54, 1.807) is 24.3 Å². The molecule has 0 bridgehead atoms. The third-order valence-electron chi connectivity index (χ3n) is 3.66. The highest BCUT2D eigenvalue weighted by molar-refractivity contribution is 6.25. The van der Waals surface area contributed by atoms with Crippen LogP contribution in [0.3, 0.4) is 0 Å². The van der Waals surface area contributed by atoms with E-state index in [-0.39, 0.29) is 24.2 Å². The van der Waals surface area contributed by atoms with Gasteiger partial charge in [0.05, 0.1) is 5.48 Å². The third-order valence-corrected chi connectivity index (χ3v) is 3.66. The average molecular weight is 250 g/mol. The van der Waals surface area contributed by atoms with Crippen molar-refractivity contribution in [3.8, 4) is 0 Å². The fraction of sp³-hybridized carbons (Fsp3) is 0.0526. The van der Waals surface area contributed by atoms with Gasteiger partial charge in [0.15, 0.2) is 0 Å². The topological polar surface area (TPSA) is 0 Å². The highest BCUT2D eigenvalue weighted by atomic mass is 14.1. The van der Waals surface area contributed by atoms with Gasteiger partial charge in [-0.2, -0.15) is 0 Å². The second-order valence-corrected chi connectivity index (χ2v) is 4.86. The van der Waals surface area contributed by atoms with E-state index in [2.05, 4.69) is 6.07 Å². The summed E-state index contributed by atoms with van der Waals surface area (Å²) in [6.07, 6.45) is 0. The second kappa shape index (κ2) is 3.83. The molecule has 0 fully saturated rings. The molecule has 0 saturated heterocycles. The van der Waals surface area contributed by atoms with Crippen molar-refractivity contribution >= 4 is 32.3 Å². The van der Waals surface area contributed by atoms with Crippen LogP contribution in [0.4, 0.5) is 0 Å². The molecule has 90 valence electrons. The van der Waals surface area contributed by atoms with Crippen molar-refractivity contribution in [2.45, 2.75) is 6.92 Å². The Labute approximate surface area is 117 Å². The molecule has 19 heavy (non-hydrogen) atoms. The number of fused-ring (bicyclic) bond motifs is 6. The average Bonchev–Trinajstić information content (AvgIpc) is 2.51. The van der Waals surface area contributed by atoms with E-state index < -0.39 is 0 Å². The maximum absolute atomic E-state index is 7.96. The van der Waals surface area contributed by atoms with Crippen molar-refractivity contribution in [3.05, 3.63) is 72.2 Å². The van der Waals surface area contributed by atoms with Crippen LogP contribution in [0.2, 0.25) is 0 Å². The maximum atomic E-state index is 7.96. The van der Waals surface area contributed by atoms with Gasteiger partial charge < -0.3 is 0 Å². The summed E-state index contributed by atoms with van der Waals surface area (Å²) in [5, 5.41) is 5.63. The van der Waals surface area contributed by atoms with E-state index >= 15 is 0 Å². The molecule has 0 aliphatic rings. The summed E-state index contributed by atoms with van der Waals surface area (Å²) in [7, 11) is 0. The molecule has 0 spiro atoms. The summed E-state index contributed by atoms with van der Waals surface area (Å²) in [4.78, 5) is 0. The predicted octanol–water partition coefficient (Wildman–Crippen LogP) is 5.45. The SMILES string of the molecule is [3H]c1cc2c3ccc(C)cc3c3cc([3H])c([3H])cc3c2cc1[3H]. The summed E-state index contributed by atoms with van der Waals surface area (Å²) in [5.41, 5.74) is 1.13. The molecule has 0 N–H and O–H groups in total. The first-order valence-corrected chi connectivity index (χ1v) is 6.30. The molecule has 0 heterocycles. The van der Waals surface area contributed by atoms with Crippen molar-refractivity contribution < 1.29 is 5.48 Å². The van der Waals surface area contributed by atoms with Crippen LogP contribution >= 0.6 is 0 Å². The second-order valence-electron chi connectivity index (χ2n) is 4.86. The van der Waals surface area contributed by atoms with Gasteiger partial charge in [0.2, 0.25) is 0 Å². The Morgan fingerprint density at radius 1 is 0.579 bits per heavy atom. The molecule has 0 radical (unpaired) electrons. The summed E-state index contributed by atoms with van der Waals surface area (Å²) in [5.74, 6) is 0. The zero-order chi connectivity index (χ0) is 16.3. The van der Waals surface area contributed by atoms with Crippen LogP contribution in [-0.4, -0.2) is 0 Å². The van der Waals surface area contributed by atoms with Crippen molar-refractivity contribution in [3.63, 3.8) is 0 Å². The quantitative estimate of drug-likeness (QED) is 0.364. The lowest BCUT2D eigenvalue weighted by molar-refractivity contribution is 1.51. The molecule has 0 amide bonds. The van der Waals surface area contributed by atoms with Gasteiger partial charge in [0.25, 0.3) is 0 Å². The minimum Gasteiger partial charge on any atom is -0.0616 e. The Balaban J connectivity index is 2.39. The molecule has 0 heteroatoms. The predicted molar refractivity (Wildman–Crippen MR) is 83.7 cm³/mol. The van der Waals surface area contributed by atoms with Crippen molar-refractivity contribution in [1.29, 1.82) is 0 Å². The maximum Gasteiger partial charge on any atom is 0.0623 e. The Hall–Kier alpha value is -2.34. The number of benzene rings is 4. The van der Waals surface area contributed by atoms with Gasteiger partial charge in [0, 0.05) is 0 Å². The van der Waals surface area contributed by atoms with E-state index in [1.165, 1.54) is 0 Å². The van der Waals surface area contributed by atoms with Crippen molar-refractivity contribution in [2.24, 2.45) is 0 Å². The lowest BCUT2D eigenvalue weighted by Crippen LogP contribution is -1.83. The molecule has 0 saturated carbocycles. The van der Waals surface area contributed by atoms with E-state index in [1.807, 2.05) is 19.1 Å². The van der Waals surface area contributed by atoms with E-state index in [9.17, 15) is 0 Å². The largest absolute Gasteiger partial charge is 0.0623 e. The highest BCUT2D eigenvalue weighted by Crippen LogP contribution is 2.34. The molecule has 4 aromatic rings. The Morgan fingerprint density at radius 2 is 1.00 bits per heavy atom. The van der Waals surface area contributed by atoms with Crippen LogP contribution < -0.4 is 0 Å². The van der Waals surface area contributed by atoms with Gasteiger partial charge in [-0.3, -0.25) is 0 Å². The standard InChI is InChI=1S/C19H14/c1-13-10-11-18-16-8-3-2-6-14(16)15-7-4-5-9-17(15)19(18)12-13/h2-12H,1H3/i2T,3T,4T,5T. The number of hydrogen-bond acceptors (Lipinski definition) is 0. The first kappa shape index (κ1) is 7.30. The van der Waals surface area contributed by atoms with Crippen molar-refractivity contribution in [2.75, 3.05) is 0 Å². The lowest BCUT2D eigenvalue weighted by atomic mass is 9.93. The molecule has 0 aromatic heterocycles. The van der Waals surface area contributed by atoms with Crippen LogP contribution in [0.25, 0.3) is 32.3 Å². The number of aryl methyl sites for hydroxylation is 1. The third kappa shape index (κ3) is 1.47. The molecular formula is C19H14. The zero-order valence-electron chi connectivity index (χ0n) is 14.5. The number of hydrogen-bond donors (Lipinski definition) is 0. The summed E-state index contributed by atoms with van der Waals surface area (Å²) in [6.45, 7) is 2.03. The van der Waals surface area contributed by atoms with E-state index in [0.717, 1.165) is 37.9 Å². The molecule has 0 aliphatic carbocycles. The zero-order valence-corrected chi connectivity index (χ0v) is 10.5. The molecule has 4 rings (SSSR count). The fourth-order valence-electron chi connectivity index (χ4n) is 2.77. The molecule has 0 atom stereocenters. The monoisotopic (exact) mass is 250 g/mol. The fourth-order valence-corrected chi connectivity index (χ4v) is 2.77. The highest BCUT2D eigenvalue weighted by Gasteiger charge is 2.07. The molecule has 0 unspecified atom stereocenters. The first-order chi connectivity index (χ1) is 11.0. The Bertz CT molecular complexity index is 1070. The minimum atomic E-state index is 0.173. The van der Waals surface area contributed by atoms with E-state index in [0.29, 0.717) is 0 Å². The first-order valence-electron chi connectivity index (χ1n) is 8.30. The van der Waals surface area contributed by atoms with Crippen LogP contribution in [0.5, 0.6) is 0 Å². The van der Waals surface area contributed by atoms with Gasteiger partial charge in [-0.15, -0.1) is 0 Å². The van der Waals surface area contributed by atoms with Gasteiger partial charge in [-0.1, -0.05) is 72.2 Å². The van der Waals surface area contributed by atoms with Gasteiger partial charge in [-0.05, 0) is 39.2 Å².